The van der Waals surface area contributed by atoms with E-state index in [0.29, 0.717) is 12.2 Å². The van der Waals surface area contributed by atoms with Crippen LogP contribution in [0.2, 0.25) is 0 Å². The van der Waals surface area contributed by atoms with Crippen LogP contribution in [-0.4, -0.2) is 23.3 Å². The minimum atomic E-state index is -0.491. The first kappa shape index (κ1) is 14.3. The van der Waals surface area contributed by atoms with Gasteiger partial charge in [0.15, 0.2) is 5.78 Å². The first-order valence-corrected chi connectivity index (χ1v) is 5.33. The third kappa shape index (κ3) is 5.24. The average molecular weight is 223 g/mol. The number of carbonyl (C=O) groups is 2. The van der Waals surface area contributed by atoms with E-state index in [-0.39, 0.29) is 12.2 Å². The van der Waals surface area contributed by atoms with Crippen LogP contribution in [-0.2, 0) is 9.53 Å². The van der Waals surface area contributed by atoms with Crippen molar-refractivity contribution in [3.05, 3.63) is 30.1 Å². The molecule has 1 heterocycles. The Balaban J connectivity index is 0.00000106. The zero-order valence-corrected chi connectivity index (χ0v) is 9.90. The largest absolute Gasteiger partial charge is 0.466 e. The zero-order valence-electron chi connectivity index (χ0n) is 9.90. The van der Waals surface area contributed by atoms with Crippen molar-refractivity contribution in [3.8, 4) is 0 Å². The standard InChI is InChI=1S/C10H11NO3.C2H6/c1-2-14-10(13)7-9(12)8-3-5-11-6-4-8;1-2/h3-6H,2,7H2,1H3;1-2H3. The number of esters is 1. The second-order valence-electron chi connectivity index (χ2n) is 2.64. The van der Waals surface area contributed by atoms with Gasteiger partial charge in [-0.25, -0.2) is 0 Å². The van der Waals surface area contributed by atoms with Crippen molar-refractivity contribution >= 4 is 11.8 Å². The molecule has 1 aromatic heterocycles. The number of Topliss-reactive ketones (excluding diaryl/α,β-unsaturated/α-hetero) is 1. The maximum Gasteiger partial charge on any atom is 0.313 e. The first-order chi connectivity index (χ1) is 7.74. The van der Waals surface area contributed by atoms with Crippen LogP contribution in [0.5, 0.6) is 0 Å². The van der Waals surface area contributed by atoms with Crippen molar-refractivity contribution in [2.45, 2.75) is 27.2 Å². The molecular formula is C12H17NO3. The summed E-state index contributed by atoms with van der Waals surface area (Å²) in [5, 5.41) is 0. The second kappa shape index (κ2) is 8.59. The van der Waals surface area contributed by atoms with E-state index in [0.717, 1.165) is 0 Å². The van der Waals surface area contributed by atoms with Gasteiger partial charge in [0, 0.05) is 18.0 Å². The number of ether oxygens (including phenoxy) is 1. The number of nitrogens with zero attached hydrogens (tertiary/aromatic N) is 1. The minimum Gasteiger partial charge on any atom is -0.466 e. The SMILES string of the molecule is CC.CCOC(=O)CC(=O)c1ccncc1. The third-order valence-electron chi connectivity index (χ3n) is 1.61. The van der Waals surface area contributed by atoms with Crippen LogP contribution in [0.15, 0.2) is 24.5 Å². The van der Waals surface area contributed by atoms with Crippen LogP contribution in [0.25, 0.3) is 0 Å². The zero-order chi connectivity index (χ0) is 12.4. The highest BCUT2D eigenvalue weighted by atomic mass is 16.5. The molecular weight excluding hydrogens is 206 g/mol. The summed E-state index contributed by atoms with van der Waals surface area (Å²) >= 11 is 0. The quantitative estimate of drug-likeness (QED) is 0.446. The summed E-state index contributed by atoms with van der Waals surface area (Å²) in [5.41, 5.74) is 0.480. The van der Waals surface area contributed by atoms with Gasteiger partial charge in [-0.15, -0.1) is 0 Å². The molecule has 0 N–H and O–H groups in total. The van der Waals surface area contributed by atoms with E-state index in [2.05, 4.69) is 9.72 Å². The highest BCUT2D eigenvalue weighted by Gasteiger charge is 2.11. The molecule has 16 heavy (non-hydrogen) atoms. The third-order valence-corrected chi connectivity index (χ3v) is 1.61. The minimum absolute atomic E-state index is 0.210. The topological polar surface area (TPSA) is 56.3 Å². The molecule has 0 radical (unpaired) electrons. The Labute approximate surface area is 95.6 Å². The van der Waals surface area contributed by atoms with Gasteiger partial charge in [0.2, 0.25) is 0 Å². The van der Waals surface area contributed by atoms with Crippen molar-refractivity contribution in [2.24, 2.45) is 0 Å². The van der Waals surface area contributed by atoms with Crippen LogP contribution in [0.4, 0.5) is 0 Å². The summed E-state index contributed by atoms with van der Waals surface area (Å²) in [6.45, 7) is 6.00. The van der Waals surface area contributed by atoms with Crippen molar-refractivity contribution in [1.82, 2.24) is 4.98 Å². The fourth-order valence-electron chi connectivity index (χ4n) is 0.983. The molecule has 0 aromatic carbocycles. The van der Waals surface area contributed by atoms with Gasteiger partial charge in [0.1, 0.15) is 6.42 Å². The molecule has 1 rings (SSSR count). The molecule has 0 saturated heterocycles. The molecule has 0 fully saturated rings. The fraction of sp³-hybridized carbons (Fsp3) is 0.417. The van der Waals surface area contributed by atoms with Gasteiger partial charge in [0.05, 0.1) is 6.61 Å². The number of aromatic nitrogens is 1. The Morgan fingerprint density at radius 1 is 1.25 bits per heavy atom. The lowest BCUT2D eigenvalue weighted by atomic mass is 10.1. The molecule has 4 nitrogen and oxygen atoms in total. The summed E-state index contributed by atoms with van der Waals surface area (Å²) in [6, 6.07) is 3.14. The van der Waals surface area contributed by atoms with Gasteiger partial charge in [-0.05, 0) is 19.1 Å². The van der Waals surface area contributed by atoms with Crippen LogP contribution >= 0.6 is 0 Å². The average Bonchev–Trinajstić information content (AvgIpc) is 2.33. The molecule has 0 spiro atoms. The molecule has 0 aliphatic carbocycles. The fourth-order valence-corrected chi connectivity index (χ4v) is 0.983. The van der Waals surface area contributed by atoms with Crippen molar-refractivity contribution in [3.63, 3.8) is 0 Å². The number of ketones is 1. The van der Waals surface area contributed by atoms with Crippen LogP contribution in [0.3, 0.4) is 0 Å². The van der Waals surface area contributed by atoms with E-state index in [1.165, 1.54) is 12.4 Å². The maximum absolute atomic E-state index is 11.4. The lowest BCUT2D eigenvalue weighted by Crippen LogP contribution is -2.11. The summed E-state index contributed by atoms with van der Waals surface area (Å²) in [4.78, 5) is 26.1. The predicted molar refractivity (Wildman–Crippen MR) is 61.2 cm³/mol. The van der Waals surface area contributed by atoms with Crippen LogP contribution in [0.1, 0.15) is 37.6 Å². The Morgan fingerprint density at radius 3 is 2.31 bits per heavy atom. The monoisotopic (exact) mass is 223 g/mol. The Kier molecular flexibility index (Phi) is 7.67. The molecule has 0 aliphatic rings. The van der Waals surface area contributed by atoms with Gasteiger partial charge in [-0.1, -0.05) is 13.8 Å². The lowest BCUT2D eigenvalue weighted by Gasteiger charge is -2.00. The molecule has 88 valence electrons. The summed E-state index contributed by atoms with van der Waals surface area (Å²) in [5.74, 6) is -0.736. The molecule has 1 aromatic rings. The number of pyridine rings is 1. The first-order valence-electron chi connectivity index (χ1n) is 5.33. The predicted octanol–water partition coefficient (Wildman–Crippen LogP) is 2.24. The number of rotatable bonds is 4. The van der Waals surface area contributed by atoms with Gasteiger partial charge in [-0.2, -0.15) is 0 Å². The summed E-state index contributed by atoms with van der Waals surface area (Å²) < 4.78 is 4.66. The second-order valence-corrected chi connectivity index (χ2v) is 2.64. The van der Waals surface area contributed by atoms with Gasteiger partial charge in [-0.3, -0.25) is 14.6 Å². The number of carbonyl (C=O) groups excluding carboxylic acids is 2. The van der Waals surface area contributed by atoms with E-state index in [1.807, 2.05) is 13.8 Å². The van der Waals surface area contributed by atoms with Gasteiger partial charge >= 0.3 is 5.97 Å². The van der Waals surface area contributed by atoms with Crippen molar-refractivity contribution in [1.29, 1.82) is 0 Å². The lowest BCUT2D eigenvalue weighted by molar-refractivity contribution is -0.141. The molecule has 0 unspecified atom stereocenters. The van der Waals surface area contributed by atoms with E-state index in [1.54, 1.807) is 19.1 Å². The van der Waals surface area contributed by atoms with Crippen molar-refractivity contribution in [2.75, 3.05) is 6.61 Å². The molecule has 0 atom stereocenters. The number of hydrogen-bond acceptors (Lipinski definition) is 4. The van der Waals surface area contributed by atoms with E-state index in [4.69, 9.17) is 0 Å². The van der Waals surface area contributed by atoms with E-state index in [9.17, 15) is 9.59 Å². The molecule has 0 saturated carbocycles. The van der Waals surface area contributed by atoms with Gasteiger partial charge in [0.25, 0.3) is 0 Å². The van der Waals surface area contributed by atoms with Crippen LogP contribution in [0, 0.1) is 0 Å². The Hall–Kier alpha value is -1.71. The normalized spacial score (nSPS) is 8.69. The smallest absolute Gasteiger partial charge is 0.313 e. The van der Waals surface area contributed by atoms with Crippen LogP contribution < -0.4 is 0 Å². The highest BCUT2D eigenvalue weighted by molar-refractivity contribution is 6.05. The molecule has 0 bridgehead atoms. The molecule has 4 heteroatoms. The van der Waals surface area contributed by atoms with E-state index < -0.39 is 5.97 Å². The maximum atomic E-state index is 11.4. The Morgan fingerprint density at radius 2 is 1.81 bits per heavy atom. The summed E-state index contributed by atoms with van der Waals surface area (Å²) in [6.07, 6.45) is 2.81. The molecule has 0 amide bonds. The number of hydrogen-bond donors (Lipinski definition) is 0. The Bertz CT molecular complexity index is 322. The van der Waals surface area contributed by atoms with Gasteiger partial charge < -0.3 is 4.74 Å². The molecule has 0 aliphatic heterocycles. The van der Waals surface area contributed by atoms with E-state index >= 15 is 0 Å². The summed E-state index contributed by atoms with van der Waals surface area (Å²) in [7, 11) is 0. The van der Waals surface area contributed by atoms with Crippen molar-refractivity contribution < 1.29 is 14.3 Å². The highest BCUT2D eigenvalue weighted by Crippen LogP contribution is 2.02.